The van der Waals surface area contributed by atoms with Gasteiger partial charge >= 0.3 is 51.4 Å². The van der Waals surface area contributed by atoms with Gasteiger partial charge in [-0.25, -0.2) is 0 Å². The van der Waals surface area contributed by atoms with E-state index in [0.717, 1.165) is 0 Å². The molecule has 0 bridgehead atoms. The van der Waals surface area contributed by atoms with Crippen LogP contribution in [0.25, 0.3) is 0 Å². The summed E-state index contributed by atoms with van der Waals surface area (Å²) in [5, 5.41) is 8.73. The van der Waals surface area contributed by atoms with Gasteiger partial charge in [-0.2, -0.15) is 12.2 Å². The molecule has 0 amide bonds. The first-order valence-corrected chi connectivity index (χ1v) is 2.13. The van der Waals surface area contributed by atoms with E-state index >= 15 is 0 Å². The van der Waals surface area contributed by atoms with Gasteiger partial charge < -0.3 is 9.84 Å². The zero-order valence-corrected chi connectivity index (χ0v) is 8.34. The van der Waals surface area contributed by atoms with Crippen LogP contribution >= 0.6 is 0 Å². The minimum Gasteiger partial charge on any atom is -0.562 e. The minimum absolute atomic E-state index is 0. The first kappa shape index (κ1) is 9.46. The number of hydrogen-bond acceptors (Lipinski definition) is 2. The van der Waals surface area contributed by atoms with Crippen molar-refractivity contribution >= 4 is 0 Å². The SMILES string of the molecule is C=C1[C-]=COC=C1O.[K+]. The molecular weight excluding hydrogens is 143 g/mol. The molecule has 0 radical (unpaired) electrons. The van der Waals surface area contributed by atoms with Crippen LogP contribution in [0, 0.1) is 6.08 Å². The predicted octanol–water partition coefficient (Wildman–Crippen LogP) is -1.71. The molecule has 0 unspecified atom stereocenters. The zero-order valence-electron chi connectivity index (χ0n) is 5.22. The molecule has 0 atom stereocenters. The smallest absolute Gasteiger partial charge is 0.562 e. The third-order valence-electron chi connectivity index (χ3n) is 0.790. The van der Waals surface area contributed by atoms with E-state index in [9.17, 15) is 0 Å². The number of ether oxygens (including phenoxy) is 1. The average molecular weight is 148 g/mol. The van der Waals surface area contributed by atoms with Crippen LogP contribution in [0.5, 0.6) is 0 Å². The van der Waals surface area contributed by atoms with E-state index in [1.807, 2.05) is 0 Å². The fraction of sp³-hybridized carbons (Fsp3) is 0. The molecule has 1 rings (SSSR count). The van der Waals surface area contributed by atoms with Gasteiger partial charge in [0.15, 0.2) is 0 Å². The second kappa shape index (κ2) is 4.30. The Morgan fingerprint density at radius 1 is 1.67 bits per heavy atom. The van der Waals surface area contributed by atoms with Crippen LogP contribution in [0.2, 0.25) is 0 Å². The summed E-state index contributed by atoms with van der Waals surface area (Å²) < 4.78 is 4.54. The standard InChI is InChI=1S/C6H5O2.K/c1-5-2-3-8-4-6(5)7;/h3-4,7H,1H2;/q-1;+1. The molecule has 0 aliphatic carbocycles. The van der Waals surface area contributed by atoms with Crippen molar-refractivity contribution in [3.8, 4) is 0 Å². The largest absolute Gasteiger partial charge is 1.00 e. The Morgan fingerprint density at radius 3 is 2.67 bits per heavy atom. The first-order chi connectivity index (χ1) is 3.80. The third-order valence-corrected chi connectivity index (χ3v) is 0.790. The average Bonchev–Trinajstić information content (AvgIpc) is 1.77. The summed E-state index contributed by atoms with van der Waals surface area (Å²) in [6.07, 6.45) is 5.11. The zero-order chi connectivity index (χ0) is 5.98. The third kappa shape index (κ3) is 2.69. The van der Waals surface area contributed by atoms with E-state index in [2.05, 4.69) is 17.4 Å². The maximum absolute atomic E-state index is 8.73. The molecule has 1 aliphatic heterocycles. The molecule has 42 valence electrons. The van der Waals surface area contributed by atoms with Gasteiger partial charge in [0, 0.05) is 12.0 Å². The monoisotopic (exact) mass is 148 g/mol. The maximum Gasteiger partial charge on any atom is 1.00 e. The summed E-state index contributed by atoms with van der Waals surface area (Å²) in [4.78, 5) is 0. The molecule has 0 aromatic carbocycles. The molecule has 1 heterocycles. The van der Waals surface area contributed by atoms with E-state index in [-0.39, 0.29) is 57.1 Å². The van der Waals surface area contributed by atoms with Crippen molar-refractivity contribution in [3.05, 3.63) is 36.5 Å². The number of allylic oxidation sites excluding steroid dienone is 1. The Bertz CT molecular complexity index is 170. The Balaban J connectivity index is 0.000000640. The molecule has 0 aromatic heterocycles. The molecule has 1 N–H and O–H groups in total. The number of rotatable bonds is 0. The maximum atomic E-state index is 8.73. The number of hydrogen-bond donors (Lipinski definition) is 1. The van der Waals surface area contributed by atoms with Crippen LogP contribution < -0.4 is 51.4 Å². The van der Waals surface area contributed by atoms with Crippen molar-refractivity contribution in [1.82, 2.24) is 0 Å². The van der Waals surface area contributed by atoms with E-state index in [4.69, 9.17) is 5.11 Å². The number of aliphatic hydroxyl groups excluding tert-OH is 1. The molecule has 0 saturated carbocycles. The van der Waals surface area contributed by atoms with Crippen LogP contribution in [0.3, 0.4) is 0 Å². The second-order valence-electron chi connectivity index (χ2n) is 1.38. The predicted molar refractivity (Wildman–Crippen MR) is 28.7 cm³/mol. The van der Waals surface area contributed by atoms with Crippen LogP contribution in [0.4, 0.5) is 0 Å². The summed E-state index contributed by atoms with van der Waals surface area (Å²) >= 11 is 0. The molecule has 0 saturated heterocycles. The summed E-state index contributed by atoms with van der Waals surface area (Å²) in [7, 11) is 0. The van der Waals surface area contributed by atoms with Crippen molar-refractivity contribution in [2.45, 2.75) is 0 Å². The van der Waals surface area contributed by atoms with Gasteiger partial charge in [0.1, 0.15) is 0 Å². The minimum atomic E-state index is 0. The van der Waals surface area contributed by atoms with Gasteiger partial charge in [0.2, 0.25) is 0 Å². The Morgan fingerprint density at radius 2 is 2.33 bits per heavy atom. The van der Waals surface area contributed by atoms with E-state index in [1.54, 1.807) is 0 Å². The fourth-order valence-electron chi connectivity index (χ4n) is 0.349. The summed E-state index contributed by atoms with van der Waals surface area (Å²) in [6, 6.07) is 0. The molecule has 9 heavy (non-hydrogen) atoms. The van der Waals surface area contributed by atoms with Crippen molar-refractivity contribution < 1.29 is 61.2 Å². The summed E-state index contributed by atoms with van der Waals surface area (Å²) in [5.41, 5.74) is 0.455. The van der Waals surface area contributed by atoms with Crippen molar-refractivity contribution in [2.75, 3.05) is 0 Å². The van der Waals surface area contributed by atoms with Crippen LogP contribution in [-0.4, -0.2) is 5.11 Å². The van der Waals surface area contributed by atoms with Gasteiger partial charge in [0.05, 0.1) is 6.26 Å². The van der Waals surface area contributed by atoms with E-state index in [1.165, 1.54) is 12.5 Å². The Kier molecular flexibility index (Phi) is 4.52. The van der Waals surface area contributed by atoms with Crippen molar-refractivity contribution in [1.29, 1.82) is 0 Å². The molecule has 0 fully saturated rings. The number of aliphatic hydroxyl groups is 1. The van der Waals surface area contributed by atoms with Crippen molar-refractivity contribution in [2.24, 2.45) is 0 Å². The Labute approximate surface area is 96.3 Å². The van der Waals surface area contributed by atoms with E-state index in [0.29, 0.717) is 5.57 Å². The van der Waals surface area contributed by atoms with Crippen LogP contribution in [0.15, 0.2) is 30.4 Å². The summed E-state index contributed by atoms with van der Waals surface area (Å²) in [5.74, 6) is 0.0347. The summed E-state index contributed by atoms with van der Waals surface area (Å²) in [6.45, 7) is 3.45. The van der Waals surface area contributed by atoms with Gasteiger partial charge in [0.25, 0.3) is 0 Å². The second-order valence-corrected chi connectivity index (χ2v) is 1.38. The van der Waals surface area contributed by atoms with Gasteiger partial charge in [-0.3, -0.25) is 0 Å². The van der Waals surface area contributed by atoms with Gasteiger partial charge in [-0.1, -0.05) is 0 Å². The normalized spacial score (nSPS) is 15.6. The molecule has 0 aromatic rings. The quantitative estimate of drug-likeness (QED) is 0.327. The molecule has 1 aliphatic rings. The Hall–Kier alpha value is 0.456. The van der Waals surface area contributed by atoms with Gasteiger partial charge in [-0.15, -0.1) is 6.08 Å². The topological polar surface area (TPSA) is 29.5 Å². The van der Waals surface area contributed by atoms with Crippen LogP contribution in [-0.2, 0) is 4.74 Å². The van der Waals surface area contributed by atoms with Gasteiger partial charge in [-0.05, 0) is 0 Å². The fourth-order valence-corrected chi connectivity index (χ4v) is 0.349. The van der Waals surface area contributed by atoms with Crippen LogP contribution in [0.1, 0.15) is 0 Å². The molecule has 2 nitrogen and oxygen atoms in total. The molecule has 3 heteroatoms. The molecule has 0 spiro atoms. The molecular formula is C6H5KO2. The first-order valence-electron chi connectivity index (χ1n) is 2.13. The van der Waals surface area contributed by atoms with Crippen molar-refractivity contribution in [3.63, 3.8) is 0 Å². The van der Waals surface area contributed by atoms with E-state index < -0.39 is 0 Å².